The van der Waals surface area contributed by atoms with Gasteiger partial charge in [0, 0.05) is 17.9 Å². The Bertz CT molecular complexity index is 1110. The lowest BCUT2D eigenvalue weighted by Crippen LogP contribution is -2.17. The van der Waals surface area contributed by atoms with E-state index in [0.29, 0.717) is 12.2 Å². The molecule has 0 amide bonds. The van der Waals surface area contributed by atoms with Gasteiger partial charge in [-0.3, -0.25) is 9.59 Å². The van der Waals surface area contributed by atoms with Crippen LogP contribution in [0.4, 0.5) is 0 Å². The summed E-state index contributed by atoms with van der Waals surface area (Å²) in [5, 5.41) is 2.00. The quantitative estimate of drug-likeness (QED) is 0.631. The first-order chi connectivity index (χ1) is 13.2. The molecule has 0 heterocycles. The van der Waals surface area contributed by atoms with Gasteiger partial charge in [-0.15, -0.1) is 0 Å². The predicted octanol–water partition coefficient (Wildman–Crippen LogP) is 4.86. The standard InChI is InChI=1S/C24H18O3/c25-22-13-21(23-19-8-4-2-6-16(19)11-12-20(22)23)24(26)27-14-17-10-9-15-5-1-3-7-18(15)17/h1-12,17,21H,13-14H2. The van der Waals surface area contributed by atoms with Gasteiger partial charge in [-0.2, -0.15) is 0 Å². The van der Waals surface area contributed by atoms with Gasteiger partial charge < -0.3 is 4.74 Å². The van der Waals surface area contributed by atoms with E-state index in [-0.39, 0.29) is 24.1 Å². The van der Waals surface area contributed by atoms with Crippen molar-refractivity contribution in [3.05, 3.63) is 89.0 Å². The zero-order valence-electron chi connectivity index (χ0n) is 14.7. The number of hydrogen-bond acceptors (Lipinski definition) is 3. The van der Waals surface area contributed by atoms with Crippen LogP contribution in [-0.4, -0.2) is 18.4 Å². The summed E-state index contributed by atoms with van der Waals surface area (Å²) >= 11 is 0. The zero-order chi connectivity index (χ0) is 18.4. The summed E-state index contributed by atoms with van der Waals surface area (Å²) in [7, 11) is 0. The molecule has 2 atom stereocenters. The second-order valence-electron chi connectivity index (χ2n) is 7.15. The third kappa shape index (κ3) is 2.58. The van der Waals surface area contributed by atoms with E-state index >= 15 is 0 Å². The van der Waals surface area contributed by atoms with E-state index in [0.717, 1.165) is 16.3 Å². The van der Waals surface area contributed by atoms with E-state index in [1.165, 1.54) is 11.1 Å². The summed E-state index contributed by atoms with van der Waals surface area (Å²) in [6, 6.07) is 19.8. The normalized spacial score (nSPS) is 19.9. The molecule has 3 aromatic carbocycles. The first-order valence-electron chi connectivity index (χ1n) is 9.21. The van der Waals surface area contributed by atoms with E-state index in [1.54, 1.807) is 0 Å². The molecule has 2 unspecified atom stereocenters. The van der Waals surface area contributed by atoms with Gasteiger partial charge >= 0.3 is 5.97 Å². The van der Waals surface area contributed by atoms with E-state index in [1.807, 2.05) is 48.5 Å². The molecule has 5 rings (SSSR count). The fourth-order valence-electron chi connectivity index (χ4n) is 4.25. The minimum atomic E-state index is -0.515. The molecule has 0 saturated heterocycles. The van der Waals surface area contributed by atoms with Crippen LogP contribution in [0.3, 0.4) is 0 Å². The Labute approximate surface area is 157 Å². The van der Waals surface area contributed by atoms with Crippen molar-refractivity contribution in [3.8, 4) is 0 Å². The smallest absolute Gasteiger partial charge is 0.313 e. The predicted molar refractivity (Wildman–Crippen MR) is 105 cm³/mol. The minimum Gasteiger partial charge on any atom is -0.464 e. The summed E-state index contributed by atoms with van der Waals surface area (Å²) in [6.07, 6.45) is 4.33. The Morgan fingerprint density at radius 1 is 1.00 bits per heavy atom. The summed E-state index contributed by atoms with van der Waals surface area (Å²) in [6.45, 7) is 0.303. The average molecular weight is 354 g/mol. The van der Waals surface area contributed by atoms with Gasteiger partial charge in [0.05, 0.1) is 5.92 Å². The van der Waals surface area contributed by atoms with Crippen molar-refractivity contribution in [1.29, 1.82) is 0 Å². The third-order valence-corrected chi connectivity index (χ3v) is 5.60. The van der Waals surface area contributed by atoms with E-state index < -0.39 is 5.92 Å². The highest BCUT2D eigenvalue weighted by atomic mass is 16.5. The van der Waals surface area contributed by atoms with Crippen molar-refractivity contribution < 1.29 is 14.3 Å². The van der Waals surface area contributed by atoms with Gasteiger partial charge in [0.1, 0.15) is 6.61 Å². The molecule has 0 aliphatic heterocycles. The first-order valence-corrected chi connectivity index (χ1v) is 9.21. The summed E-state index contributed by atoms with van der Waals surface area (Å²) in [4.78, 5) is 25.3. The van der Waals surface area contributed by atoms with Crippen LogP contribution in [0, 0.1) is 0 Å². The number of carbonyl (C=O) groups excluding carboxylic acids is 2. The van der Waals surface area contributed by atoms with Crippen molar-refractivity contribution in [2.45, 2.75) is 18.3 Å². The summed E-state index contributed by atoms with van der Waals surface area (Å²) in [5.74, 6) is -0.728. The van der Waals surface area contributed by atoms with E-state index in [4.69, 9.17) is 4.74 Å². The minimum absolute atomic E-state index is 0.0174. The van der Waals surface area contributed by atoms with Gasteiger partial charge in [-0.1, -0.05) is 72.8 Å². The molecular formula is C24H18O3. The van der Waals surface area contributed by atoms with E-state index in [2.05, 4.69) is 24.3 Å². The van der Waals surface area contributed by atoms with Crippen molar-refractivity contribution in [1.82, 2.24) is 0 Å². The molecule has 0 bridgehead atoms. The number of carbonyl (C=O) groups is 2. The van der Waals surface area contributed by atoms with Crippen molar-refractivity contribution in [2.75, 3.05) is 6.61 Å². The lowest BCUT2D eigenvalue weighted by molar-refractivity contribution is -0.145. The molecule has 27 heavy (non-hydrogen) atoms. The van der Waals surface area contributed by atoms with Crippen molar-refractivity contribution in [2.24, 2.45) is 0 Å². The monoisotopic (exact) mass is 354 g/mol. The Balaban J connectivity index is 1.41. The van der Waals surface area contributed by atoms with Gasteiger partial charge in [-0.05, 0) is 27.5 Å². The van der Waals surface area contributed by atoms with Crippen molar-refractivity contribution in [3.63, 3.8) is 0 Å². The SMILES string of the molecule is O=C1CC(C(=O)OCC2C=Cc3ccccc32)c2c1ccc1ccccc21. The number of rotatable bonds is 3. The molecule has 3 aromatic rings. The highest BCUT2D eigenvalue weighted by Crippen LogP contribution is 2.39. The molecule has 2 aliphatic rings. The second kappa shape index (κ2) is 6.20. The number of ketones is 1. The molecular weight excluding hydrogens is 336 g/mol. The number of ether oxygens (including phenoxy) is 1. The number of esters is 1. The van der Waals surface area contributed by atoms with Crippen molar-refractivity contribution >= 4 is 28.6 Å². The van der Waals surface area contributed by atoms with Crippen LogP contribution in [0.2, 0.25) is 0 Å². The van der Waals surface area contributed by atoms with Gasteiger partial charge in [0.15, 0.2) is 5.78 Å². The second-order valence-corrected chi connectivity index (χ2v) is 7.15. The Morgan fingerprint density at radius 3 is 2.74 bits per heavy atom. The van der Waals surface area contributed by atoms with Crippen LogP contribution in [0.15, 0.2) is 66.7 Å². The van der Waals surface area contributed by atoms with Gasteiger partial charge in [-0.25, -0.2) is 0 Å². The number of Topliss-reactive ketones (excluding diaryl/α,β-unsaturated/α-hetero) is 1. The van der Waals surface area contributed by atoms with Crippen LogP contribution in [-0.2, 0) is 9.53 Å². The molecule has 132 valence electrons. The van der Waals surface area contributed by atoms with Crippen LogP contribution >= 0.6 is 0 Å². The molecule has 3 heteroatoms. The van der Waals surface area contributed by atoms with Gasteiger partial charge in [0.25, 0.3) is 0 Å². The third-order valence-electron chi connectivity index (χ3n) is 5.60. The zero-order valence-corrected chi connectivity index (χ0v) is 14.7. The molecule has 0 fully saturated rings. The topological polar surface area (TPSA) is 43.4 Å². The lowest BCUT2D eigenvalue weighted by Gasteiger charge is -2.16. The highest BCUT2D eigenvalue weighted by Gasteiger charge is 2.37. The maximum atomic E-state index is 12.9. The maximum absolute atomic E-state index is 12.9. The van der Waals surface area contributed by atoms with Crippen LogP contribution in [0.5, 0.6) is 0 Å². The highest BCUT2D eigenvalue weighted by molar-refractivity contribution is 6.10. The van der Waals surface area contributed by atoms with Gasteiger partial charge in [0.2, 0.25) is 0 Å². The molecule has 0 saturated carbocycles. The van der Waals surface area contributed by atoms with Crippen LogP contribution in [0.25, 0.3) is 16.8 Å². The molecule has 3 nitrogen and oxygen atoms in total. The number of hydrogen-bond donors (Lipinski definition) is 0. The number of benzene rings is 3. The first kappa shape index (κ1) is 16.0. The fourth-order valence-corrected chi connectivity index (χ4v) is 4.25. The number of fused-ring (bicyclic) bond motifs is 4. The molecule has 0 aromatic heterocycles. The summed E-state index contributed by atoms with van der Waals surface area (Å²) < 4.78 is 5.68. The lowest BCUT2D eigenvalue weighted by atomic mass is 9.94. The summed E-state index contributed by atoms with van der Waals surface area (Å²) in [5.41, 5.74) is 3.83. The molecule has 0 radical (unpaired) electrons. The molecule has 2 aliphatic carbocycles. The van der Waals surface area contributed by atoms with Crippen LogP contribution in [0.1, 0.15) is 45.3 Å². The maximum Gasteiger partial charge on any atom is 0.313 e. The molecule has 0 spiro atoms. The van der Waals surface area contributed by atoms with E-state index in [9.17, 15) is 9.59 Å². The van der Waals surface area contributed by atoms with Crippen LogP contribution < -0.4 is 0 Å². The average Bonchev–Trinajstić information content (AvgIpc) is 3.27. The fraction of sp³-hybridized carbons (Fsp3) is 0.167. The Hall–Kier alpha value is -3.20. The molecule has 0 N–H and O–H groups in total. The Kier molecular flexibility index (Phi) is 3.68. The largest absolute Gasteiger partial charge is 0.464 e. The Morgan fingerprint density at radius 2 is 1.81 bits per heavy atom.